The van der Waals surface area contributed by atoms with Crippen molar-refractivity contribution in [2.24, 2.45) is 5.92 Å². The van der Waals surface area contributed by atoms with Crippen LogP contribution in [0.25, 0.3) is 10.8 Å². The van der Waals surface area contributed by atoms with Crippen molar-refractivity contribution in [3.63, 3.8) is 0 Å². The van der Waals surface area contributed by atoms with Crippen molar-refractivity contribution in [3.05, 3.63) is 41.7 Å². The maximum Gasteiger partial charge on any atom is 0.148 e. The van der Waals surface area contributed by atoms with Gasteiger partial charge in [0.25, 0.3) is 0 Å². The fourth-order valence-corrected chi connectivity index (χ4v) is 1.39. The first kappa shape index (κ1) is 18.1. The van der Waals surface area contributed by atoms with E-state index in [1.807, 2.05) is 52.8 Å². The lowest BCUT2D eigenvalue weighted by atomic mass is 10.1. The molecule has 0 bridgehead atoms. The normalized spacial score (nSPS) is 9.10. The van der Waals surface area contributed by atoms with Gasteiger partial charge >= 0.3 is 0 Å². The van der Waals surface area contributed by atoms with Crippen LogP contribution < -0.4 is 0 Å². The molecule has 3 heteroatoms. The van der Waals surface area contributed by atoms with E-state index in [-0.39, 0.29) is 0 Å². The Morgan fingerprint density at radius 3 is 2.35 bits per heavy atom. The van der Waals surface area contributed by atoms with Crippen molar-refractivity contribution >= 4 is 10.8 Å². The summed E-state index contributed by atoms with van der Waals surface area (Å²) in [6.45, 7) is 10.3. The molecule has 20 heavy (non-hydrogen) atoms. The number of nitriles is 1. The Hall–Kier alpha value is -1.92. The summed E-state index contributed by atoms with van der Waals surface area (Å²) in [6.07, 6.45) is 1.67. The number of aromatic nitrogens is 1. The number of pyridine rings is 1. The largest absolute Gasteiger partial charge is 0.396 e. The van der Waals surface area contributed by atoms with E-state index in [9.17, 15) is 0 Å². The summed E-state index contributed by atoms with van der Waals surface area (Å²) in [6, 6.07) is 9.98. The number of aliphatic hydroxyl groups excluding tert-OH is 1. The fourth-order valence-electron chi connectivity index (χ4n) is 1.39. The topological polar surface area (TPSA) is 56.9 Å². The third kappa shape index (κ3) is 5.81. The zero-order chi connectivity index (χ0) is 15.5. The second kappa shape index (κ2) is 9.94. The summed E-state index contributed by atoms with van der Waals surface area (Å²) >= 11 is 0. The Labute approximate surface area is 121 Å². The molecule has 0 aliphatic heterocycles. The van der Waals surface area contributed by atoms with Gasteiger partial charge in [0.15, 0.2) is 0 Å². The summed E-state index contributed by atoms with van der Waals surface area (Å²) in [5, 5.41) is 18.9. The molecule has 0 radical (unpaired) electrons. The Morgan fingerprint density at radius 2 is 1.85 bits per heavy atom. The van der Waals surface area contributed by atoms with Gasteiger partial charge in [-0.3, -0.25) is 0 Å². The smallest absolute Gasteiger partial charge is 0.148 e. The van der Waals surface area contributed by atoms with Crippen LogP contribution in [0.4, 0.5) is 0 Å². The molecule has 0 unspecified atom stereocenters. The average Bonchev–Trinajstić information content (AvgIpc) is 2.48. The van der Waals surface area contributed by atoms with Crippen LogP contribution in [0.1, 0.15) is 39.0 Å². The summed E-state index contributed by atoms with van der Waals surface area (Å²) in [7, 11) is 0. The molecule has 2 aromatic rings. The van der Waals surface area contributed by atoms with E-state index < -0.39 is 0 Å². The van der Waals surface area contributed by atoms with Crippen LogP contribution >= 0.6 is 0 Å². The van der Waals surface area contributed by atoms with Gasteiger partial charge in [0.05, 0.1) is 0 Å². The van der Waals surface area contributed by atoms with Crippen LogP contribution in [0, 0.1) is 24.2 Å². The minimum Gasteiger partial charge on any atom is -0.396 e. The van der Waals surface area contributed by atoms with Crippen molar-refractivity contribution in [2.75, 3.05) is 6.61 Å². The van der Waals surface area contributed by atoms with Crippen LogP contribution in [0.5, 0.6) is 0 Å². The molecule has 2 rings (SSSR count). The molecule has 0 saturated heterocycles. The van der Waals surface area contributed by atoms with Crippen molar-refractivity contribution in [3.8, 4) is 6.07 Å². The van der Waals surface area contributed by atoms with Crippen LogP contribution in [0.15, 0.2) is 30.5 Å². The van der Waals surface area contributed by atoms with Gasteiger partial charge in [-0.05, 0) is 24.3 Å². The summed E-state index contributed by atoms with van der Waals surface area (Å²) < 4.78 is 0. The van der Waals surface area contributed by atoms with Gasteiger partial charge < -0.3 is 5.11 Å². The molecule has 1 N–H and O–H groups in total. The second-order valence-corrected chi connectivity index (χ2v) is 4.57. The number of benzene rings is 1. The molecule has 0 aliphatic rings. The molecule has 1 aromatic carbocycles. The molecule has 0 amide bonds. The number of hydrogen-bond donors (Lipinski definition) is 1. The first-order valence-corrected chi connectivity index (χ1v) is 6.94. The first-order valence-electron chi connectivity index (χ1n) is 6.94. The molecular formula is C17H24N2O. The number of hydrogen-bond acceptors (Lipinski definition) is 3. The molecule has 0 spiro atoms. The van der Waals surface area contributed by atoms with E-state index in [1.165, 1.54) is 5.56 Å². The molecule has 0 fully saturated rings. The van der Waals surface area contributed by atoms with Gasteiger partial charge in [-0.2, -0.15) is 5.26 Å². The average molecular weight is 272 g/mol. The van der Waals surface area contributed by atoms with Crippen LogP contribution in [-0.4, -0.2) is 16.7 Å². The lowest BCUT2D eigenvalue weighted by Gasteiger charge is -1.99. The highest BCUT2D eigenvalue weighted by Crippen LogP contribution is 2.17. The highest BCUT2D eigenvalue weighted by atomic mass is 16.3. The zero-order valence-corrected chi connectivity index (χ0v) is 13.0. The number of aryl methyl sites for hydroxylation is 1. The lowest BCUT2D eigenvalue weighted by molar-refractivity contribution is 0.248. The fraction of sp³-hybridized carbons (Fsp3) is 0.412. The monoisotopic (exact) mass is 272 g/mol. The van der Waals surface area contributed by atoms with Gasteiger partial charge in [0, 0.05) is 18.2 Å². The van der Waals surface area contributed by atoms with Crippen molar-refractivity contribution in [1.29, 1.82) is 5.26 Å². The maximum atomic E-state index is 8.79. The number of fused-ring (bicyclic) bond motifs is 1. The molecule has 3 nitrogen and oxygen atoms in total. The molecule has 0 atom stereocenters. The Kier molecular flexibility index (Phi) is 8.98. The SMILES string of the molecule is CC.CC(C)CO.Cc1ccc2c(C#N)nccc2c1. The van der Waals surface area contributed by atoms with Crippen molar-refractivity contribution in [2.45, 2.75) is 34.6 Å². The Morgan fingerprint density at radius 1 is 1.25 bits per heavy atom. The van der Waals surface area contributed by atoms with Crippen molar-refractivity contribution in [1.82, 2.24) is 4.98 Å². The quantitative estimate of drug-likeness (QED) is 0.851. The van der Waals surface area contributed by atoms with E-state index in [0.29, 0.717) is 18.2 Å². The summed E-state index contributed by atoms with van der Waals surface area (Å²) in [5.74, 6) is 0.440. The van der Waals surface area contributed by atoms with Gasteiger partial charge in [0.1, 0.15) is 11.8 Å². The van der Waals surface area contributed by atoms with E-state index in [4.69, 9.17) is 10.4 Å². The minimum absolute atomic E-state index is 0.306. The number of nitrogens with zero attached hydrogens (tertiary/aromatic N) is 2. The van der Waals surface area contributed by atoms with E-state index in [2.05, 4.69) is 17.1 Å². The van der Waals surface area contributed by atoms with Crippen LogP contribution in [0.2, 0.25) is 0 Å². The molecule has 108 valence electrons. The molecule has 1 aromatic heterocycles. The zero-order valence-electron chi connectivity index (χ0n) is 13.0. The van der Waals surface area contributed by atoms with E-state index >= 15 is 0 Å². The Balaban J connectivity index is 0.000000441. The number of aliphatic hydroxyl groups is 1. The predicted octanol–water partition coefficient (Wildman–Crippen LogP) is 4.08. The molecule has 0 saturated carbocycles. The van der Waals surface area contributed by atoms with Gasteiger partial charge in [-0.15, -0.1) is 0 Å². The predicted molar refractivity (Wildman–Crippen MR) is 84.5 cm³/mol. The molecular weight excluding hydrogens is 248 g/mol. The second-order valence-electron chi connectivity index (χ2n) is 4.57. The van der Waals surface area contributed by atoms with E-state index in [1.54, 1.807) is 6.20 Å². The lowest BCUT2D eigenvalue weighted by Crippen LogP contribution is -1.90. The van der Waals surface area contributed by atoms with Gasteiger partial charge in [0.2, 0.25) is 0 Å². The van der Waals surface area contributed by atoms with Crippen molar-refractivity contribution < 1.29 is 5.11 Å². The highest BCUT2D eigenvalue weighted by Gasteiger charge is 1.99. The highest BCUT2D eigenvalue weighted by molar-refractivity contribution is 5.86. The van der Waals surface area contributed by atoms with Gasteiger partial charge in [-0.25, -0.2) is 4.98 Å². The Bertz CT molecular complexity index is 556. The number of rotatable bonds is 1. The first-order chi connectivity index (χ1) is 9.58. The van der Waals surface area contributed by atoms with E-state index in [0.717, 1.165) is 10.8 Å². The summed E-state index contributed by atoms with van der Waals surface area (Å²) in [5.41, 5.74) is 1.69. The molecule has 0 aliphatic carbocycles. The molecule has 1 heterocycles. The van der Waals surface area contributed by atoms with Crippen LogP contribution in [-0.2, 0) is 0 Å². The van der Waals surface area contributed by atoms with Gasteiger partial charge in [-0.1, -0.05) is 51.5 Å². The standard InChI is InChI=1S/C11H8N2.C4H10O.C2H6/c1-8-2-3-10-9(6-8)4-5-13-11(10)7-12;1-4(2)3-5;1-2/h2-6H,1H3;4-5H,3H2,1-2H3;1-2H3. The third-order valence-corrected chi connectivity index (χ3v) is 2.39. The maximum absolute atomic E-state index is 8.79. The van der Waals surface area contributed by atoms with Crippen LogP contribution in [0.3, 0.4) is 0 Å². The summed E-state index contributed by atoms with van der Waals surface area (Å²) in [4.78, 5) is 3.99. The third-order valence-electron chi connectivity index (χ3n) is 2.39. The minimum atomic E-state index is 0.306.